The Morgan fingerprint density at radius 3 is 2.37 bits per heavy atom. The van der Waals surface area contributed by atoms with Crippen molar-refractivity contribution in [3.8, 4) is 5.75 Å². The van der Waals surface area contributed by atoms with Crippen LogP contribution in [0, 0.1) is 0 Å². The van der Waals surface area contributed by atoms with Gasteiger partial charge in [-0.15, -0.1) is 0 Å². The molecule has 5 nitrogen and oxygen atoms in total. The van der Waals surface area contributed by atoms with E-state index in [2.05, 4.69) is 17.4 Å². The first-order valence-electron chi connectivity index (χ1n) is 9.49. The molecule has 2 amide bonds. The number of nitrogens with zero attached hydrogens (tertiary/aromatic N) is 1. The Balaban J connectivity index is 1.62. The molecule has 0 unspecified atom stereocenters. The van der Waals surface area contributed by atoms with Crippen molar-refractivity contribution in [2.75, 3.05) is 26.0 Å². The van der Waals surface area contributed by atoms with Crippen molar-refractivity contribution in [1.82, 2.24) is 4.90 Å². The maximum absolute atomic E-state index is 12.3. The van der Waals surface area contributed by atoms with Crippen molar-refractivity contribution >= 4 is 29.1 Å². The highest BCUT2D eigenvalue weighted by Crippen LogP contribution is 2.23. The van der Waals surface area contributed by atoms with E-state index < -0.39 is 0 Å². The van der Waals surface area contributed by atoms with Gasteiger partial charge in [0.05, 0.1) is 10.6 Å². The molecule has 0 radical (unpaired) electrons. The summed E-state index contributed by atoms with van der Waals surface area (Å²) in [4.78, 5) is 25.8. The lowest BCUT2D eigenvalue weighted by molar-refractivity contribution is -0.118. The minimum atomic E-state index is -0.313. The molecule has 0 aliphatic heterocycles. The van der Waals surface area contributed by atoms with Crippen LogP contribution in [0.2, 0.25) is 5.02 Å². The lowest BCUT2D eigenvalue weighted by Crippen LogP contribution is -2.23. The quantitative estimate of drug-likeness (QED) is 0.603. The van der Waals surface area contributed by atoms with Crippen LogP contribution in [0.4, 0.5) is 5.69 Å². The van der Waals surface area contributed by atoms with Crippen LogP contribution >= 0.6 is 11.6 Å². The molecule has 3 aromatic rings. The van der Waals surface area contributed by atoms with E-state index in [0.717, 1.165) is 12.0 Å². The van der Waals surface area contributed by atoms with Crippen molar-refractivity contribution < 1.29 is 14.3 Å². The van der Waals surface area contributed by atoms with Gasteiger partial charge >= 0.3 is 0 Å². The molecule has 3 rings (SSSR count). The number of carbonyl (C=O) groups is 2. The molecule has 0 spiro atoms. The number of para-hydroxylation sites is 1. The van der Waals surface area contributed by atoms with Gasteiger partial charge in [0.1, 0.15) is 5.75 Å². The Labute approximate surface area is 181 Å². The van der Waals surface area contributed by atoms with Crippen molar-refractivity contribution in [3.63, 3.8) is 0 Å². The summed E-state index contributed by atoms with van der Waals surface area (Å²) in [6, 6.07) is 22.5. The fraction of sp³-hybridized carbons (Fsp3) is 0.167. The fourth-order valence-corrected chi connectivity index (χ4v) is 3.22. The van der Waals surface area contributed by atoms with Crippen molar-refractivity contribution in [2.24, 2.45) is 0 Å². The van der Waals surface area contributed by atoms with E-state index in [0.29, 0.717) is 17.0 Å². The maximum Gasteiger partial charge on any atom is 0.262 e. The van der Waals surface area contributed by atoms with Crippen LogP contribution in [0.3, 0.4) is 0 Å². The molecule has 30 heavy (non-hydrogen) atoms. The average Bonchev–Trinajstić information content (AvgIpc) is 2.73. The van der Waals surface area contributed by atoms with Crippen molar-refractivity contribution in [1.29, 1.82) is 0 Å². The van der Waals surface area contributed by atoms with Gasteiger partial charge < -0.3 is 15.0 Å². The van der Waals surface area contributed by atoms with Gasteiger partial charge in [-0.3, -0.25) is 9.59 Å². The summed E-state index contributed by atoms with van der Waals surface area (Å²) in [7, 11) is 3.31. The highest BCUT2D eigenvalue weighted by molar-refractivity contribution is 6.34. The Kier molecular flexibility index (Phi) is 7.09. The van der Waals surface area contributed by atoms with Crippen LogP contribution in [0.1, 0.15) is 21.5 Å². The molecule has 0 bridgehead atoms. The first kappa shape index (κ1) is 21.4. The van der Waals surface area contributed by atoms with Crippen LogP contribution < -0.4 is 10.1 Å². The van der Waals surface area contributed by atoms with Gasteiger partial charge in [-0.05, 0) is 35.4 Å². The second-order valence-electron chi connectivity index (χ2n) is 7.00. The minimum absolute atomic E-state index is 0.137. The van der Waals surface area contributed by atoms with Crippen LogP contribution in [0.5, 0.6) is 5.75 Å². The second-order valence-corrected chi connectivity index (χ2v) is 7.41. The van der Waals surface area contributed by atoms with Crippen molar-refractivity contribution in [3.05, 3.63) is 94.5 Å². The van der Waals surface area contributed by atoms with E-state index in [1.54, 1.807) is 32.3 Å². The Hall–Kier alpha value is -3.31. The van der Waals surface area contributed by atoms with Gasteiger partial charge in [-0.2, -0.15) is 0 Å². The summed E-state index contributed by atoms with van der Waals surface area (Å²) in [5, 5.41) is 3.02. The number of anilines is 1. The standard InChI is InChI=1S/C24H23ClN2O3/c1-27(2)24(29)20-13-12-19(15-21(20)25)26-23(28)16-30-22-11-7-6-10-18(22)14-17-8-4-3-5-9-17/h3-13,15H,14,16H2,1-2H3,(H,26,28). The summed E-state index contributed by atoms with van der Waals surface area (Å²) in [5.74, 6) is 0.157. The van der Waals surface area contributed by atoms with Gasteiger partial charge in [0.25, 0.3) is 11.8 Å². The van der Waals surface area contributed by atoms with Gasteiger partial charge in [-0.1, -0.05) is 60.1 Å². The maximum atomic E-state index is 12.3. The molecule has 0 heterocycles. The number of rotatable bonds is 7. The van der Waals surface area contributed by atoms with Crippen LogP contribution in [0.25, 0.3) is 0 Å². The summed E-state index contributed by atoms with van der Waals surface area (Å²) < 4.78 is 5.76. The monoisotopic (exact) mass is 422 g/mol. The Bertz CT molecular complexity index is 1040. The topological polar surface area (TPSA) is 58.6 Å². The van der Waals surface area contributed by atoms with Crippen molar-refractivity contribution in [2.45, 2.75) is 6.42 Å². The SMILES string of the molecule is CN(C)C(=O)c1ccc(NC(=O)COc2ccccc2Cc2ccccc2)cc1Cl. The molecule has 6 heteroatoms. The van der Waals surface area contributed by atoms with E-state index in [1.165, 1.54) is 10.5 Å². The zero-order valence-electron chi connectivity index (χ0n) is 16.9. The first-order chi connectivity index (χ1) is 14.4. The molecule has 0 saturated carbocycles. The van der Waals surface area contributed by atoms with Gasteiger partial charge in [-0.25, -0.2) is 0 Å². The number of ether oxygens (including phenoxy) is 1. The zero-order valence-corrected chi connectivity index (χ0v) is 17.6. The number of amides is 2. The number of carbonyl (C=O) groups excluding carboxylic acids is 2. The summed E-state index contributed by atoms with van der Waals surface area (Å²) in [5.41, 5.74) is 3.05. The zero-order chi connectivity index (χ0) is 21.5. The molecular formula is C24H23ClN2O3. The van der Waals surface area contributed by atoms with E-state index in [9.17, 15) is 9.59 Å². The lowest BCUT2D eigenvalue weighted by atomic mass is 10.0. The molecular weight excluding hydrogens is 400 g/mol. The largest absolute Gasteiger partial charge is 0.483 e. The third-order valence-electron chi connectivity index (χ3n) is 4.46. The molecule has 0 aromatic heterocycles. The van der Waals surface area contributed by atoms with E-state index in [4.69, 9.17) is 16.3 Å². The first-order valence-corrected chi connectivity index (χ1v) is 9.87. The highest BCUT2D eigenvalue weighted by atomic mass is 35.5. The molecule has 154 valence electrons. The normalized spacial score (nSPS) is 10.4. The lowest BCUT2D eigenvalue weighted by Gasteiger charge is -2.14. The van der Waals surface area contributed by atoms with Gasteiger partial charge in [0, 0.05) is 26.2 Å². The van der Waals surface area contributed by atoms with Gasteiger partial charge in [0.2, 0.25) is 0 Å². The molecule has 0 fully saturated rings. The average molecular weight is 423 g/mol. The molecule has 1 N–H and O–H groups in total. The Morgan fingerprint density at radius 1 is 0.967 bits per heavy atom. The van der Waals surface area contributed by atoms with Crippen LogP contribution in [-0.4, -0.2) is 37.4 Å². The number of benzene rings is 3. The summed E-state index contributed by atoms with van der Waals surface area (Å²) in [6.45, 7) is -0.137. The molecule has 3 aromatic carbocycles. The molecule has 0 saturated heterocycles. The van der Waals surface area contributed by atoms with Crippen LogP contribution in [-0.2, 0) is 11.2 Å². The smallest absolute Gasteiger partial charge is 0.262 e. The highest BCUT2D eigenvalue weighted by Gasteiger charge is 2.14. The van der Waals surface area contributed by atoms with E-state index in [1.807, 2.05) is 42.5 Å². The van der Waals surface area contributed by atoms with Crippen LogP contribution in [0.15, 0.2) is 72.8 Å². The number of hydrogen-bond acceptors (Lipinski definition) is 3. The molecule has 0 aliphatic rings. The van der Waals surface area contributed by atoms with Gasteiger partial charge in [0.15, 0.2) is 6.61 Å². The minimum Gasteiger partial charge on any atom is -0.483 e. The predicted molar refractivity (Wildman–Crippen MR) is 119 cm³/mol. The summed E-state index contributed by atoms with van der Waals surface area (Å²) in [6.07, 6.45) is 0.718. The molecule has 0 atom stereocenters. The van der Waals surface area contributed by atoms with E-state index >= 15 is 0 Å². The fourth-order valence-electron chi connectivity index (χ4n) is 2.95. The Morgan fingerprint density at radius 2 is 1.67 bits per heavy atom. The predicted octanol–water partition coefficient (Wildman–Crippen LogP) is 4.65. The number of halogens is 1. The second kappa shape index (κ2) is 9.94. The number of hydrogen-bond donors (Lipinski definition) is 1. The number of nitrogens with one attached hydrogen (secondary N) is 1. The third-order valence-corrected chi connectivity index (χ3v) is 4.77. The van der Waals surface area contributed by atoms with E-state index in [-0.39, 0.29) is 23.4 Å². The summed E-state index contributed by atoms with van der Waals surface area (Å²) >= 11 is 6.19. The molecule has 0 aliphatic carbocycles. The third kappa shape index (κ3) is 5.61.